The van der Waals surface area contributed by atoms with E-state index in [1.807, 2.05) is 24.3 Å². The van der Waals surface area contributed by atoms with E-state index >= 15 is 0 Å². The van der Waals surface area contributed by atoms with Gasteiger partial charge in [-0.2, -0.15) is 0 Å². The van der Waals surface area contributed by atoms with E-state index in [-0.39, 0.29) is 5.91 Å². The molecule has 0 aromatic heterocycles. The topological polar surface area (TPSA) is 62.4 Å². The summed E-state index contributed by atoms with van der Waals surface area (Å²) in [5.74, 6) is 1.16. The highest BCUT2D eigenvalue weighted by molar-refractivity contribution is 7.80. The summed E-state index contributed by atoms with van der Waals surface area (Å²) in [6, 6.07) is 7.67. The second-order valence-electron chi connectivity index (χ2n) is 5.47. The molecule has 21 heavy (non-hydrogen) atoms. The van der Waals surface area contributed by atoms with Crippen LogP contribution in [0.25, 0.3) is 0 Å². The van der Waals surface area contributed by atoms with E-state index in [0.29, 0.717) is 17.5 Å². The molecule has 1 aliphatic rings. The normalized spacial score (nSPS) is 16.0. The minimum absolute atomic E-state index is 0.223. The number of hydrogen-bond acceptors (Lipinski definition) is 3. The Morgan fingerprint density at radius 1 is 1.38 bits per heavy atom. The van der Waals surface area contributed by atoms with Gasteiger partial charge in [0, 0.05) is 13.0 Å². The lowest BCUT2D eigenvalue weighted by atomic mass is 10.1. The first-order valence-electron chi connectivity index (χ1n) is 7.14. The van der Waals surface area contributed by atoms with Crippen LogP contribution >= 0.6 is 12.2 Å². The lowest BCUT2D eigenvalue weighted by Crippen LogP contribution is -2.51. The van der Waals surface area contributed by atoms with Gasteiger partial charge in [-0.1, -0.05) is 32.0 Å². The number of fused-ring (bicyclic) bond motifs is 1. The highest BCUT2D eigenvalue weighted by atomic mass is 32.1. The number of ether oxygens (including phenoxy) is 1. The second kappa shape index (κ2) is 7.26. The van der Waals surface area contributed by atoms with Gasteiger partial charge >= 0.3 is 0 Å². The molecule has 6 heteroatoms. The van der Waals surface area contributed by atoms with Gasteiger partial charge in [0.05, 0.1) is 0 Å². The summed E-state index contributed by atoms with van der Waals surface area (Å²) >= 11 is 5.09. The molecule has 5 nitrogen and oxygen atoms in total. The fourth-order valence-electron chi connectivity index (χ4n) is 2.05. The number of rotatable bonds is 4. The van der Waals surface area contributed by atoms with Crippen LogP contribution in [0.5, 0.6) is 5.75 Å². The third-order valence-electron chi connectivity index (χ3n) is 3.25. The van der Waals surface area contributed by atoms with E-state index < -0.39 is 6.10 Å². The van der Waals surface area contributed by atoms with Gasteiger partial charge in [0.25, 0.3) is 5.91 Å². The second-order valence-corrected chi connectivity index (χ2v) is 5.88. The number of para-hydroxylation sites is 1. The standard InChI is InChI=1S/C15H21N3O2S/c1-10(2)7-8-16-15(21)18-17-14(19)13-9-11-5-3-4-6-12(11)20-13/h3-6,10,13H,7-9H2,1-2H3,(H,17,19)(H2,16,18,21)/t13-/m1/s1. The number of hydrazine groups is 1. The number of thiocarbonyl (C=S) groups is 1. The van der Waals surface area contributed by atoms with Crippen molar-refractivity contribution < 1.29 is 9.53 Å². The van der Waals surface area contributed by atoms with Crippen molar-refractivity contribution in [2.45, 2.75) is 32.8 Å². The molecule has 1 amide bonds. The highest BCUT2D eigenvalue weighted by Gasteiger charge is 2.28. The molecule has 0 bridgehead atoms. The van der Waals surface area contributed by atoms with Gasteiger partial charge in [-0.05, 0) is 36.2 Å². The van der Waals surface area contributed by atoms with E-state index in [4.69, 9.17) is 17.0 Å². The van der Waals surface area contributed by atoms with Gasteiger partial charge in [-0.15, -0.1) is 0 Å². The van der Waals surface area contributed by atoms with Crippen molar-refractivity contribution in [3.05, 3.63) is 29.8 Å². The molecule has 0 spiro atoms. The molecule has 114 valence electrons. The number of carbonyl (C=O) groups excluding carboxylic acids is 1. The van der Waals surface area contributed by atoms with Crippen LogP contribution in [0.1, 0.15) is 25.8 Å². The number of hydrogen-bond donors (Lipinski definition) is 3. The van der Waals surface area contributed by atoms with Crippen molar-refractivity contribution in [3.8, 4) is 5.75 Å². The van der Waals surface area contributed by atoms with Crippen LogP contribution in [-0.2, 0) is 11.2 Å². The zero-order chi connectivity index (χ0) is 15.2. The molecule has 0 fully saturated rings. The molecule has 0 saturated carbocycles. The average molecular weight is 307 g/mol. The quantitative estimate of drug-likeness (QED) is 0.582. The summed E-state index contributed by atoms with van der Waals surface area (Å²) in [4.78, 5) is 12.0. The molecular formula is C15H21N3O2S. The summed E-state index contributed by atoms with van der Waals surface area (Å²) in [6.07, 6.45) is 1.10. The van der Waals surface area contributed by atoms with Crippen LogP contribution in [-0.4, -0.2) is 23.7 Å². The lowest BCUT2D eigenvalue weighted by Gasteiger charge is -2.15. The van der Waals surface area contributed by atoms with E-state index in [1.165, 1.54) is 0 Å². The fraction of sp³-hybridized carbons (Fsp3) is 0.467. The minimum atomic E-state index is -0.506. The molecule has 0 saturated heterocycles. The van der Waals surface area contributed by atoms with Crippen LogP contribution in [0.3, 0.4) is 0 Å². The fourth-order valence-corrected chi connectivity index (χ4v) is 2.20. The predicted molar refractivity (Wildman–Crippen MR) is 85.9 cm³/mol. The molecule has 0 unspecified atom stereocenters. The van der Waals surface area contributed by atoms with Crippen LogP contribution in [0, 0.1) is 5.92 Å². The molecule has 0 aliphatic carbocycles. The first-order chi connectivity index (χ1) is 10.1. The molecule has 3 N–H and O–H groups in total. The summed E-state index contributed by atoms with van der Waals surface area (Å²) < 4.78 is 5.60. The Hall–Kier alpha value is -1.82. The Morgan fingerprint density at radius 2 is 2.14 bits per heavy atom. The van der Waals surface area contributed by atoms with Gasteiger partial charge in [-0.25, -0.2) is 0 Å². The predicted octanol–water partition coefficient (Wildman–Crippen LogP) is 1.53. The third kappa shape index (κ3) is 4.60. The maximum Gasteiger partial charge on any atom is 0.279 e. The molecule has 1 aliphatic heterocycles. The summed E-state index contributed by atoms with van der Waals surface area (Å²) in [5, 5.41) is 3.46. The third-order valence-corrected chi connectivity index (χ3v) is 3.49. The first-order valence-corrected chi connectivity index (χ1v) is 7.55. The Morgan fingerprint density at radius 3 is 2.86 bits per heavy atom. The number of nitrogens with one attached hydrogen (secondary N) is 3. The first kappa shape index (κ1) is 15.6. The van der Waals surface area contributed by atoms with Crippen molar-refractivity contribution in [2.75, 3.05) is 6.54 Å². The highest BCUT2D eigenvalue weighted by Crippen LogP contribution is 2.27. The van der Waals surface area contributed by atoms with Crippen molar-refractivity contribution in [1.82, 2.24) is 16.2 Å². The Bertz CT molecular complexity index is 494. The van der Waals surface area contributed by atoms with E-state index in [9.17, 15) is 4.79 Å². The van der Waals surface area contributed by atoms with Crippen molar-refractivity contribution in [3.63, 3.8) is 0 Å². The summed E-state index contributed by atoms with van der Waals surface area (Å²) in [7, 11) is 0. The number of benzene rings is 1. The maximum absolute atomic E-state index is 12.0. The lowest BCUT2D eigenvalue weighted by molar-refractivity contribution is -0.127. The molecule has 1 aromatic rings. The van der Waals surface area contributed by atoms with E-state index in [0.717, 1.165) is 24.3 Å². The van der Waals surface area contributed by atoms with E-state index in [1.54, 1.807) is 0 Å². The van der Waals surface area contributed by atoms with Gasteiger partial charge in [-0.3, -0.25) is 15.6 Å². The SMILES string of the molecule is CC(C)CCNC(=S)NNC(=O)[C@H]1Cc2ccccc2O1. The molecule has 0 radical (unpaired) electrons. The van der Waals surface area contributed by atoms with Gasteiger partial charge in [0.2, 0.25) is 0 Å². The molecule has 1 aromatic carbocycles. The van der Waals surface area contributed by atoms with E-state index in [2.05, 4.69) is 30.0 Å². The van der Waals surface area contributed by atoms with Crippen LogP contribution in [0.2, 0.25) is 0 Å². The molecule has 1 heterocycles. The van der Waals surface area contributed by atoms with Crippen molar-refractivity contribution in [1.29, 1.82) is 0 Å². The van der Waals surface area contributed by atoms with Crippen molar-refractivity contribution >= 4 is 23.2 Å². The summed E-state index contributed by atoms with van der Waals surface area (Å²) in [6.45, 7) is 5.08. The number of carbonyl (C=O) groups is 1. The van der Waals surface area contributed by atoms with Crippen LogP contribution in [0.15, 0.2) is 24.3 Å². The Kier molecular flexibility index (Phi) is 5.38. The van der Waals surface area contributed by atoms with Gasteiger partial charge in [0.15, 0.2) is 11.2 Å². The van der Waals surface area contributed by atoms with Crippen LogP contribution < -0.4 is 20.9 Å². The molecule has 1 atom stereocenters. The zero-order valence-corrected chi connectivity index (χ0v) is 13.1. The summed E-state index contributed by atoms with van der Waals surface area (Å²) in [5.41, 5.74) is 6.33. The Labute approximate surface area is 130 Å². The zero-order valence-electron chi connectivity index (χ0n) is 12.3. The Balaban J connectivity index is 1.70. The minimum Gasteiger partial charge on any atom is -0.480 e. The van der Waals surface area contributed by atoms with Crippen molar-refractivity contribution in [2.24, 2.45) is 5.92 Å². The number of amides is 1. The van der Waals surface area contributed by atoms with Crippen LogP contribution in [0.4, 0.5) is 0 Å². The largest absolute Gasteiger partial charge is 0.480 e. The maximum atomic E-state index is 12.0. The average Bonchev–Trinajstić information content (AvgIpc) is 2.88. The smallest absolute Gasteiger partial charge is 0.279 e. The monoisotopic (exact) mass is 307 g/mol. The van der Waals surface area contributed by atoms with Gasteiger partial charge in [0.1, 0.15) is 5.75 Å². The van der Waals surface area contributed by atoms with Gasteiger partial charge < -0.3 is 10.1 Å². The molecular weight excluding hydrogens is 286 g/mol. The molecule has 2 rings (SSSR count).